The van der Waals surface area contributed by atoms with Crippen molar-refractivity contribution in [1.29, 1.82) is 0 Å². The molecule has 0 aromatic heterocycles. The van der Waals surface area contributed by atoms with Crippen LogP contribution in [0.5, 0.6) is 0 Å². The largest absolute Gasteiger partial charge is 0.392 e. The molecule has 0 amide bonds. The first-order chi connectivity index (χ1) is 7.16. The number of hydrogen-bond acceptors (Lipinski definition) is 2. The zero-order valence-corrected chi connectivity index (χ0v) is 10.2. The molecule has 15 heavy (non-hydrogen) atoms. The lowest BCUT2D eigenvalue weighted by Gasteiger charge is -2.27. The molecule has 2 rings (SSSR count). The average molecular weight is 211 g/mol. The molecule has 1 saturated carbocycles. The Labute approximate surface area is 93.7 Å². The standard InChI is InChI=1S/C13H25NO/c1-10-7-11(2)14(8-10)9-13(15)12-5-3-4-6-12/h10-13,15H,3-9H2,1-2H3. The Kier molecular flexibility index (Phi) is 3.68. The lowest BCUT2D eigenvalue weighted by Crippen LogP contribution is -2.37. The first kappa shape index (κ1) is 11.4. The molecule has 2 nitrogen and oxygen atoms in total. The van der Waals surface area contributed by atoms with Crippen molar-refractivity contribution in [3.05, 3.63) is 0 Å². The van der Waals surface area contributed by atoms with Crippen molar-refractivity contribution in [2.24, 2.45) is 11.8 Å². The summed E-state index contributed by atoms with van der Waals surface area (Å²) in [4.78, 5) is 2.48. The molecule has 88 valence electrons. The first-order valence-electron chi connectivity index (χ1n) is 6.59. The van der Waals surface area contributed by atoms with Crippen LogP contribution >= 0.6 is 0 Å². The maximum atomic E-state index is 10.2. The third-order valence-corrected chi connectivity index (χ3v) is 4.28. The number of likely N-dealkylation sites (tertiary alicyclic amines) is 1. The average Bonchev–Trinajstić information content (AvgIpc) is 2.76. The van der Waals surface area contributed by atoms with Crippen LogP contribution in [-0.2, 0) is 0 Å². The van der Waals surface area contributed by atoms with Gasteiger partial charge in [-0.2, -0.15) is 0 Å². The van der Waals surface area contributed by atoms with Crippen molar-refractivity contribution in [2.75, 3.05) is 13.1 Å². The van der Waals surface area contributed by atoms with Crippen LogP contribution in [0.15, 0.2) is 0 Å². The lowest BCUT2D eigenvalue weighted by molar-refractivity contribution is 0.0626. The smallest absolute Gasteiger partial charge is 0.0695 e. The van der Waals surface area contributed by atoms with Gasteiger partial charge in [-0.05, 0) is 38.0 Å². The molecule has 1 N–H and O–H groups in total. The second-order valence-corrected chi connectivity index (χ2v) is 5.76. The summed E-state index contributed by atoms with van der Waals surface area (Å²) in [6, 6.07) is 0.677. The Bertz CT molecular complexity index is 201. The van der Waals surface area contributed by atoms with Crippen LogP contribution in [-0.4, -0.2) is 35.2 Å². The van der Waals surface area contributed by atoms with Crippen LogP contribution < -0.4 is 0 Å². The second-order valence-electron chi connectivity index (χ2n) is 5.76. The van der Waals surface area contributed by atoms with Gasteiger partial charge in [-0.25, -0.2) is 0 Å². The van der Waals surface area contributed by atoms with Crippen LogP contribution in [0.25, 0.3) is 0 Å². The molecule has 3 atom stereocenters. The molecule has 2 aliphatic rings. The Morgan fingerprint density at radius 3 is 2.47 bits per heavy atom. The summed E-state index contributed by atoms with van der Waals surface area (Å²) in [6.07, 6.45) is 6.39. The van der Waals surface area contributed by atoms with Gasteiger partial charge in [-0.1, -0.05) is 19.8 Å². The van der Waals surface area contributed by atoms with E-state index in [1.165, 1.54) is 38.6 Å². The summed E-state index contributed by atoms with van der Waals surface area (Å²) in [5.41, 5.74) is 0. The minimum Gasteiger partial charge on any atom is -0.392 e. The number of aliphatic hydroxyl groups excluding tert-OH is 1. The molecule has 1 heterocycles. The molecule has 0 bridgehead atoms. The highest BCUT2D eigenvalue weighted by atomic mass is 16.3. The fraction of sp³-hybridized carbons (Fsp3) is 1.00. The van der Waals surface area contributed by atoms with Crippen LogP contribution in [0.1, 0.15) is 46.0 Å². The highest BCUT2D eigenvalue weighted by Crippen LogP contribution is 2.30. The van der Waals surface area contributed by atoms with E-state index in [9.17, 15) is 5.11 Å². The van der Waals surface area contributed by atoms with Gasteiger partial charge in [-0.3, -0.25) is 4.90 Å². The molecule has 0 aromatic rings. The molecule has 0 aromatic carbocycles. The van der Waals surface area contributed by atoms with E-state index in [0.717, 1.165) is 12.5 Å². The van der Waals surface area contributed by atoms with Gasteiger partial charge in [0.2, 0.25) is 0 Å². The summed E-state index contributed by atoms with van der Waals surface area (Å²) < 4.78 is 0. The van der Waals surface area contributed by atoms with Crippen LogP contribution in [0, 0.1) is 11.8 Å². The number of rotatable bonds is 3. The van der Waals surface area contributed by atoms with E-state index in [-0.39, 0.29) is 6.10 Å². The zero-order valence-electron chi connectivity index (χ0n) is 10.2. The Balaban J connectivity index is 1.80. The summed E-state index contributed by atoms with van der Waals surface area (Å²) in [5.74, 6) is 1.41. The molecule has 2 fully saturated rings. The summed E-state index contributed by atoms with van der Waals surface area (Å²) in [6.45, 7) is 6.71. The molecule has 2 heteroatoms. The highest BCUT2D eigenvalue weighted by Gasteiger charge is 2.30. The van der Waals surface area contributed by atoms with Crippen molar-refractivity contribution >= 4 is 0 Å². The van der Waals surface area contributed by atoms with Crippen molar-refractivity contribution < 1.29 is 5.11 Å². The minimum absolute atomic E-state index is 0.0692. The van der Waals surface area contributed by atoms with E-state index < -0.39 is 0 Å². The fourth-order valence-corrected chi connectivity index (χ4v) is 3.37. The molecular weight excluding hydrogens is 186 g/mol. The third kappa shape index (κ3) is 2.73. The van der Waals surface area contributed by atoms with Crippen molar-refractivity contribution in [1.82, 2.24) is 4.90 Å². The predicted molar refractivity (Wildman–Crippen MR) is 62.8 cm³/mol. The zero-order chi connectivity index (χ0) is 10.8. The van der Waals surface area contributed by atoms with E-state index in [2.05, 4.69) is 18.7 Å². The first-order valence-corrected chi connectivity index (χ1v) is 6.59. The Morgan fingerprint density at radius 1 is 1.27 bits per heavy atom. The van der Waals surface area contributed by atoms with Gasteiger partial charge in [0.05, 0.1) is 6.10 Å². The predicted octanol–water partition coefficient (Wildman–Crippen LogP) is 2.27. The summed E-state index contributed by atoms with van der Waals surface area (Å²) in [5, 5.41) is 10.2. The van der Waals surface area contributed by atoms with Gasteiger partial charge in [0.1, 0.15) is 0 Å². The maximum Gasteiger partial charge on any atom is 0.0695 e. The van der Waals surface area contributed by atoms with Gasteiger partial charge >= 0.3 is 0 Å². The van der Waals surface area contributed by atoms with Gasteiger partial charge in [0.25, 0.3) is 0 Å². The lowest BCUT2D eigenvalue weighted by atomic mass is 10.0. The molecule has 1 saturated heterocycles. The van der Waals surface area contributed by atoms with Gasteiger partial charge in [0.15, 0.2) is 0 Å². The van der Waals surface area contributed by atoms with Crippen molar-refractivity contribution in [3.8, 4) is 0 Å². The maximum absolute atomic E-state index is 10.2. The number of nitrogens with zero attached hydrogens (tertiary/aromatic N) is 1. The SMILES string of the molecule is CC1CC(C)N(CC(O)C2CCCC2)C1. The van der Waals surface area contributed by atoms with E-state index in [1.54, 1.807) is 0 Å². The normalized spacial score (nSPS) is 36.2. The Morgan fingerprint density at radius 2 is 1.93 bits per heavy atom. The second kappa shape index (κ2) is 4.84. The monoisotopic (exact) mass is 211 g/mol. The fourth-order valence-electron chi connectivity index (χ4n) is 3.37. The van der Waals surface area contributed by atoms with Crippen LogP contribution in [0.2, 0.25) is 0 Å². The Hall–Kier alpha value is -0.0800. The molecule has 3 unspecified atom stereocenters. The molecule has 1 aliphatic carbocycles. The summed E-state index contributed by atoms with van der Waals surface area (Å²) >= 11 is 0. The quantitative estimate of drug-likeness (QED) is 0.774. The molecule has 0 radical (unpaired) electrons. The highest BCUT2D eigenvalue weighted by molar-refractivity contribution is 4.84. The summed E-state index contributed by atoms with van der Waals surface area (Å²) in [7, 11) is 0. The van der Waals surface area contributed by atoms with E-state index in [4.69, 9.17) is 0 Å². The minimum atomic E-state index is -0.0692. The van der Waals surface area contributed by atoms with E-state index in [1.807, 2.05) is 0 Å². The van der Waals surface area contributed by atoms with Crippen LogP contribution in [0.3, 0.4) is 0 Å². The molecule has 1 aliphatic heterocycles. The topological polar surface area (TPSA) is 23.5 Å². The van der Waals surface area contributed by atoms with Gasteiger partial charge in [-0.15, -0.1) is 0 Å². The number of hydrogen-bond donors (Lipinski definition) is 1. The van der Waals surface area contributed by atoms with Crippen LogP contribution in [0.4, 0.5) is 0 Å². The van der Waals surface area contributed by atoms with Gasteiger partial charge < -0.3 is 5.11 Å². The van der Waals surface area contributed by atoms with Gasteiger partial charge in [0, 0.05) is 19.1 Å². The number of β-amino-alcohol motifs (C(OH)–C–C–N with tert-alkyl or cyclic N) is 1. The number of aliphatic hydroxyl groups is 1. The third-order valence-electron chi connectivity index (χ3n) is 4.28. The van der Waals surface area contributed by atoms with Crippen molar-refractivity contribution in [2.45, 2.75) is 58.1 Å². The van der Waals surface area contributed by atoms with Crippen molar-refractivity contribution in [3.63, 3.8) is 0 Å². The van der Waals surface area contributed by atoms with E-state index in [0.29, 0.717) is 12.0 Å². The van der Waals surface area contributed by atoms with E-state index >= 15 is 0 Å². The molecular formula is C13H25NO. The molecule has 0 spiro atoms.